The molecule has 1 heteroatoms. The Balaban J connectivity index is 1.78. The lowest BCUT2D eigenvalue weighted by Crippen LogP contribution is -2.27. The quantitative estimate of drug-likeness (QED) is 0.447. The zero-order valence-corrected chi connectivity index (χ0v) is 17.2. The zero-order chi connectivity index (χ0) is 20.5. The number of hydrogen-bond acceptors (Lipinski definition) is 0. The van der Waals surface area contributed by atoms with Crippen molar-refractivity contribution in [1.29, 1.82) is 0 Å². The van der Waals surface area contributed by atoms with Crippen LogP contribution in [-0.4, -0.2) is 5.67 Å². The van der Waals surface area contributed by atoms with Gasteiger partial charge in [-0.2, -0.15) is 0 Å². The van der Waals surface area contributed by atoms with Gasteiger partial charge < -0.3 is 0 Å². The summed E-state index contributed by atoms with van der Waals surface area (Å²) in [6.07, 6.45) is 16.5. The van der Waals surface area contributed by atoms with Gasteiger partial charge >= 0.3 is 0 Å². The topological polar surface area (TPSA) is 0 Å². The second kappa shape index (κ2) is 5.92. The summed E-state index contributed by atoms with van der Waals surface area (Å²) in [6, 6.07) is 17.4. The van der Waals surface area contributed by atoms with Crippen LogP contribution in [0.1, 0.15) is 25.0 Å². The molecule has 0 aromatic heterocycles. The first-order valence-corrected chi connectivity index (χ1v) is 10.7. The number of alkyl halides is 1. The predicted molar refractivity (Wildman–Crippen MR) is 122 cm³/mol. The number of benzene rings is 2. The molecule has 146 valence electrons. The summed E-state index contributed by atoms with van der Waals surface area (Å²) in [5.74, 6) is 0.361. The molecule has 0 nitrogen and oxygen atoms in total. The Morgan fingerprint density at radius 2 is 1.23 bits per heavy atom. The average Bonchev–Trinajstić information content (AvgIpc) is 3.00. The lowest BCUT2D eigenvalue weighted by atomic mass is 9.68. The second-order valence-corrected chi connectivity index (χ2v) is 8.89. The van der Waals surface area contributed by atoms with E-state index < -0.39 is 11.1 Å². The molecule has 4 aliphatic rings. The Bertz CT molecular complexity index is 1230. The Labute approximate surface area is 177 Å². The SMILES string of the molecule is C[C@@H]1C=CC2=C(C=C1)C1(C3=C2C=CC(C)(F)C=C3)c2ccccc2-c2ccccc21. The molecule has 0 radical (unpaired) electrons. The number of allylic oxidation sites excluding steroid dienone is 12. The van der Waals surface area contributed by atoms with Gasteiger partial charge in [0, 0.05) is 0 Å². The third-order valence-corrected chi connectivity index (χ3v) is 6.92. The largest absolute Gasteiger partial charge is 0.235 e. The maximum atomic E-state index is 15.0. The monoisotopic (exact) mass is 390 g/mol. The summed E-state index contributed by atoms with van der Waals surface area (Å²) in [6.45, 7) is 3.82. The number of fused-ring (bicyclic) bond motifs is 8. The summed E-state index contributed by atoms with van der Waals surface area (Å²) in [5.41, 5.74) is 8.05. The molecule has 30 heavy (non-hydrogen) atoms. The molecular formula is C29H23F. The molecule has 4 aliphatic carbocycles. The van der Waals surface area contributed by atoms with Gasteiger partial charge in [-0.15, -0.1) is 0 Å². The number of hydrogen-bond donors (Lipinski definition) is 0. The van der Waals surface area contributed by atoms with Crippen LogP contribution >= 0.6 is 0 Å². The van der Waals surface area contributed by atoms with E-state index in [9.17, 15) is 0 Å². The zero-order valence-electron chi connectivity index (χ0n) is 17.2. The normalized spacial score (nSPS) is 27.1. The van der Waals surface area contributed by atoms with Crippen LogP contribution in [0.25, 0.3) is 11.1 Å². The van der Waals surface area contributed by atoms with Gasteiger partial charge in [0.25, 0.3) is 0 Å². The van der Waals surface area contributed by atoms with Gasteiger partial charge in [0.05, 0.1) is 5.41 Å². The average molecular weight is 391 g/mol. The fraction of sp³-hybridized carbons (Fsp3) is 0.172. The van der Waals surface area contributed by atoms with Crippen LogP contribution in [-0.2, 0) is 5.41 Å². The van der Waals surface area contributed by atoms with E-state index in [0.29, 0.717) is 5.92 Å². The summed E-state index contributed by atoms with van der Waals surface area (Å²) < 4.78 is 15.0. The standard InChI is InChI=1S/C29H23F/c1-19-11-13-22-23-15-17-28(2,30)18-16-27(23)29(26(22)14-12-19)24-9-5-3-7-20(24)21-8-4-6-10-25(21)29/h3-19H,1-2H3/t19-,28?/m1/s1. The molecule has 1 spiro atoms. The van der Waals surface area contributed by atoms with E-state index in [2.05, 4.69) is 79.8 Å². The van der Waals surface area contributed by atoms with Crippen LogP contribution in [0.2, 0.25) is 0 Å². The lowest BCUT2D eigenvalue weighted by Gasteiger charge is -2.32. The van der Waals surface area contributed by atoms with Gasteiger partial charge in [0.15, 0.2) is 0 Å². The number of rotatable bonds is 0. The van der Waals surface area contributed by atoms with Gasteiger partial charge in [0.1, 0.15) is 5.67 Å². The lowest BCUT2D eigenvalue weighted by molar-refractivity contribution is 0.328. The number of halogens is 1. The third-order valence-electron chi connectivity index (χ3n) is 6.92. The van der Waals surface area contributed by atoms with Gasteiger partial charge in [-0.3, -0.25) is 0 Å². The van der Waals surface area contributed by atoms with E-state index in [0.717, 1.165) is 5.57 Å². The molecular weight excluding hydrogens is 367 g/mol. The molecule has 2 aromatic rings. The Morgan fingerprint density at radius 3 is 1.93 bits per heavy atom. The summed E-state index contributed by atoms with van der Waals surface area (Å²) in [7, 11) is 0. The van der Waals surface area contributed by atoms with Crippen molar-refractivity contribution >= 4 is 0 Å². The molecule has 0 amide bonds. The van der Waals surface area contributed by atoms with Gasteiger partial charge in [-0.25, -0.2) is 4.39 Å². The highest BCUT2D eigenvalue weighted by molar-refractivity contribution is 5.91. The molecule has 2 atom stereocenters. The Morgan fingerprint density at radius 1 is 0.700 bits per heavy atom. The minimum Gasteiger partial charge on any atom is -0.235 e. The predicted octanol–water partition coefficient (Wildman–Crippen LogP) is 7.18. The van der Waals surface area contributed by atoms with Crippen molar-refractivity contribution in [3.63, 3.8) is 0 Å². The van der Waals surface area contributed by atoms with Crippen molar-refractivity contribution in [3.05, 3.63) is 131 Å². The highest BCUT2D eigenvalue weighted by Gasteiger charge is 2.52. The maximum Gasteiger partial charge on any atom is 0.145 e. The summed E-state index contributed by atoms with van der Waals surface area (Å²) in [4.78, 5) is 0. The van der Waals surface area contributed by atoms with Crippen LogP contribution in [0.4, 0.5) is 4.39 Å². The molecule has 0 saturated heterocycles. The van der Waals surface area contributed by atoms with Crippen molar-refractivity contribution in [2.45, 2.75) is 24.9 Å². The highest BCUT2D eigenvalue weighted by Crippen LogP contribution is 2.62. The van der Waals surface area contributed by atoms with E-state index in [4.69, 9.17) is 0 Å². The molecule has 0 aliphatic heterocycles. The van der Waals surface area contributed by atoms with Crippen molar-refractivity contribution in [1.82, 2.24) is 0 Å². The molecule has 0 heterocycles. The summed E-state index contributed by atoms with van der Waals surface area (Å²) in [5, 5.41) is 0. The van der Waals surface area contributed by atoms with Gasteiger partial charge in [-0.05, 0) is 69.5 Å². The van der Waals surface area contributed by atoms with Crippen molar-refractivity contribution in [3.8, 4) is 11.1 Å². The van der Waals surface area contributed by atoms with E-state index >= 15 is 4.39 Å². The highest BCUT2D eigenvalue weighted by atomic mass is 19.1. The Hall–Kier alpha value is -3.19. The molecule has 2 aromatic carbocycles. The Kier molecular flexibility index (Phi) is 3.48. The first kappa shape index (κ1) is 17.7. The smallest absolute Gasteiger partial charge is 0.145 e. The van der Waals surface area contributed by atoms with E-state index in [1.54, 1.807) is 19.1 Å². The van der Waals surface area contributed by atoms with Crippen LogP contribution in [0.5, 0.6) is 0 Å². The van der Waals surface area contributed by atoms with E-state index in [1.807, 2.05) is 12.2 Å². The molecule has 0 fully saturated rings. The third kappa shape index (κ3) is 2.15. The minimum absolute atomic E-state index is 0.361. The fourth-order valence-electron chi connectivity index (χ4n) is 5.55. The molecule has 6 rings (SSSR count). The molecule has 0 N–H and O–H groups in total. The van der Waals surface area contributed by atoms with Crippen LogP contribution < -0.4 is 0 Å². The maximum absolute atomic E-state index is 15.0. The fourth-order valence-corrected chi connectivity index (χ4v) is 5.55. The second-order valence-electron chi connectivity index (χ2n) is 8.89. The van der Waals surface area contributed by atoms with Crippen molar-refractivity contribution < 1.29 is 4.39 Å². The first-order chi connectivity index (χ1) is 14.5. The van der Waals surface area contributed by atoms with Crippen molar-refractivity contribution in [2.75, 3.05) is 0 Å². The minimum atomic E-state index is -1.46. The van der Waals surface area contributed by atoms with Crippen LogP contribution in [0.15, 0.2) is 119 Å². The van der Waals surface area contributed by atoms with Gasteiger partial charge in [0.2, 0.25) is 0 Å². The van der Waals surface area contributed by atoms with E-state index in [1.165, 1.54) is 39.0 Å². The van der Waals surface area contributed by atoms with Gasteiger partial charge in [-0.1, -0.05) is 91.9 Å². The van der Waals surface area contributed by atoms with Crippen molar-refractivity contribution in [2.24, 2.45) is 5.92 Å². The van der Waals surface area contributed by atoms with Crippen LogP contribution in [0, 0.1) is 5.92 Å². The first-order valence-electron chi connectivity index (χ1n) is 10.7. The molecule has 0 bridgehead atoms. The molecule has 1 unspecified atom stereocenters. The van der Waals surface area contributed by atoms with E-state index in [-0.39, 0.29) is 0 Å². The summed E-state index contributed by atoms with van der Waals surface area (Å²) >= 11 is 0. The van der Waals surface area contributed by atoms with Crippen LogP contribution in [0.3, 0.4) is 0 Å². The molecule has 0 saturated carbocycles.